The first-order valence-electron chi connectivity index (χ1n) is 10.9. The predicted octanol–water partition coefficient (Wildman–Crippen LogP) is 8.78. The van der Waals surface area contributed by atoms with Crippen molar-refractivity contribution in [1.82, 2.24) is 0 Å². The Morgan fingerprint density at radius 2 is 0.652 bits per heavy atom. The van der Waals surface area contributed by atoms with E-state index < -0.39 is 0 Å². The Balaban J connectivity index is 2.92. The van der Waals surface area contributed by atoms with Crippen molar-refractivity contribution in [1.29, 1.82) is 0 Å². The maximum Gasteiger partial charge on any atom is -0.00703 e. The normalized spacial score (nSPS) is 11.2. The van der Waals surface area contributed by atoms with Crippen molar-refractivity contribution in [2.75, 3.05) is 12.0 Å². The molecule has 0 N–H and O–H groups in total. The number of unbranched alkanes of at least 4 members (excludes halogenated alkanes) is 18. The van der Waals surface area contributed by atoms with Crippen LogP contribution in [0.3, 0.4) is 0 Å². The molecule has 0 saturated carbocycles. The molecule has 0 aliphatic heterocycles. The highest BCUT2D eigenvalue weighted by molar-refractivity contribution is 7.98. The molecule has 0 saturated heterocycles. The van der Waals surface area contributed by atoms with E-state index in [1.807, 2.05) is 11.8 Å². The zero-order valence-electron chi connectivity index (χ0n) is 16.6. The average molecular weight is 343 g/mol. The van der Waals surface area contributed by atoms with Gasteiger partial charge in [0.25, 0.3) is 0 Å². The summed E-state index contributed by atoms with van der Waals surface area (Å²) in [6.45, 7) is 2.30. The van der Waals surface area contributed by atoms with Crippen LogP contribution >= 0.6 is 11.8 Å². The molecule has 0 amide bonds. The van der Waals surface area contributed by atoms with Gasteiger partial charge in [-0.3, -0.25) is 0 Å². The van der Waals surface area contributed by atoms with Gasteiger partial charge in [-0.25, -0.2) is 0 Å². The lowest BCUT2D eigenvalue weighted by Crippen LogP contribution is -1.84. The van der Waals surface area contributed by atoms with E-state index in [9.17, 15) is 0 Å². The lowest BCUT2D eigenvalue weighted by molar-refractivity contribution is 0.525. The van der Waals surface area contributed by atoms with E-state index in [-0.39, 0.29) is 0 Å². The Morgan fingerprint density at radius 3 is 0.913 bits per heavy atom. The van der Waals surface area contributed by atoms with E-state index >= 15 is 0 Å². The van der Waals surface area contributed by atoms with E-state index in [0.717, 1.165) is 0 Å². The van der Waals surface area contributed by atoms with Gasteiger partial charge in [0, 0.05) is 0 Å². The largest absolute Gasteiger partial charge is 0.165 e. The summed E-state index contributed by atoms with van der Waals surface area (Å²) in [5, 5.41) is 0. The quantitative estimate of drug-likeness (QED) is 0.199. The van der Waals surface area contributed by atoms with Crippen LogP contribution in [0.2, 0.25) is 0 Å². The third kappa shape index (κ3) is 22.4. The number of thioether (sulfide) groups is 1. The van der Waals surface area contributed by atoms with Crippen LogP contribution in [-0.4, -0.2) is 12.0 Å². The lowest BCUT2D eigenvalue weighted by Gasteiger charge is -2.04. The molecular weight excluding hydrogens is 296 g/mol. The fourth-order valence-corrected chi connectivity index (χ4v) is 3.82. The fourth-order valence-electron chi connectivity index (χ4n) is 3.32. The van der Waals surface area contributed by atoms with Gasteiger partial charge in [0.2, 0.25) is 0 Å². The van der Waals surface area contributed by atoms with Crippen LogP contribution in [0.1, 0.15) is 129 Å². The third-order valence-electron chi connectivity index (χ3n) is 4.95. The van der Waals surface area contributed by atoms with Crippen molar-refractivity contribution < 1.29 is 0 Å². The van der Waals surface area contributed by atoms with Gasteiger partial charge >= 0.3 is 0 Å². The SMILES string of the molecule is CCCCCCCCCCCCCCCCCCCCCSC. The summed E-state index contributed by atoms with van der Waals surface area (Å²) >= 11 is 1.99. The van der Waals surface area contributed by atoms with Gasteiger partial charge in [0.15, 0.2) is 0 Å². The summed E-state index contributed by atoms with van der Waals surface area (Å²) in [4.78, 5) is 0. The first-order valence-corrected chi connectivity index (χ1v) is 12.3. The second-order valence-electron chi connectivity index (χ2n) is 7.36. The van der Waals surface area contributed by atoms with Crippen LogP contribution in [0, 0.1) is 0 Å². The first kappa shape index (κ1) is 23.4. The summed E-state index contributed by atoms with van der Waals surface area (Å²) < 4.78 is 0. The summed E-state index contributed by atoms with van der Waals surface area (Å²) in [6, 6.07) is 0. The minimum Gasteiger partial charge on any atom is -0.165 e. The van der Waals surface area contributed by atoms with Gasteiger partial charge in [0.05, 0.1) is 0 Å². The van der Waals surface area contributed by atoms with Gasteiger partial charge in [0.1, 0.15) is 0 Å². The minimum absolute atomic E-state index is 1.36. The fraction of sp³-hybridized carbons (Fsp3) is 1.00. The molecule has 0 aromatic rings. The van der Waals surface area contributed by atoms with Crippen molar-refractivity contribution in [3.05, 3.63) is 0 Å². The van der Waals surface area contributed by atoms with E-state index in [2.05, 4.69) is 13.2 Å². The second-order valence-corrected chi connectivity index (χ2v) is 8.34. The molecule has 0 unspecified atom stereocenters. The van der Waals surface area contributed by atoms with Crippen molar-refractivity contribution in [2.24, 2.45) is 0 Å². The molecule has 1 heteroatoms. The molecule has 140 valence electrons. The van der Waals surface area contributed by atoms with E-state index in [1.165, 1.54) is 128 Å². The highest BCUT2D eigenvalue weighted by Gasteiger charge is 1.95. The van der Waals surface area contributed by atoms with Crippen LogP contribution in [0.25, 0.3) is 0 Å². The van der Waals surface area contributed by atoms with E-state index in [4.69, 9.17) is 0 Å². The van der Waals surface area contributed by atoms with Gasteiger partial charge in [-0.2, -0.15) is 11.8 Å². The monoisotopic (exact) mass is 342 g/mol. The highest BCUT2D eigenvalue weighted by atomic mass is 32.2. The summed E-state index contributed by atoms with van der Waals surface area (Å²) in [6.07, 6.45) is 30.2. The van der Waals surface area contributed by atoms with E-state index in [0.29, 0.717) is 0 Å². The Hall–Kier alpha value is 0.350. The topological polar surface area (TPSA) is 0 Å². The molecule has 0 heterocycles. The van der Waals surface area contributed by atoms with Gasteiger partial charge in [-0.15, -0.1) is 0 Å². The van der Waals surface area contributed by atoms with Gasteiger partial charge in [-0.1, -0.05) is 122 Å². The molecule has 0 fully saturated rings. The zero-order valence-corrected chi connectivity index (χ0v) is 17.4. The lowest BCUT2D eigenvalue weighted by atomic mass is 10.0. The Morgan fingerprint density at radius 1 is 0.391 bits per heavy atom. The van der Waals surface area contributed by atoms with E-state index in [1.54, 1.807) is 0 Å². The number of hydrogen-bond donors (Lipinski definition) is 0. The molecule has 0 aliphatic carbocycles. The maximum atomic E-state index is 2.30. The molecule has 0 aromatic heterocycles. The predicted molar refractivity (Wildman–Crippen MR) is 112 cm³/mol. The maximum absolute atomic E-state index is 2.30. The van der Waals surface area contributed by atoms with Crippen LogP contribution in [-0.2, 0) is 0 Å². The smallest absolute Gasteiger partial charge is 0.00703 e. The van der Waals surface area contributed by atoms with Crippen LogP contribution in [0.5, 0.6) is 0 Å². The number of hydrogen-bond acceptors (Lipinski definition) is 1. The molecule has 0 radical (unpaired) electrons. The Kier molecular flexibility index (Phi) is 22.7. The summed E-state index contributed by atoms with van der Waals surface area (Å²) in [5.41, 5.74) is 0. The van der Waals surface area contributed by atoms with Crippen molar-refractivity contribution in [3.63, 3.8) is 0 Å². The highest BCUT2D eigenvalue weighted by Crippen LogP contribution is 2.14. The van der Waals surface area contributed by atoms with Crippen LogP contribution in [0.4, 0.5) is 0 Å². The summed E-state index contributed by atoms with van der Waals surface area (Å²) in [7, 11) is 0. The molecule has 0 aliphatic rings. The standard InChI is InChI=1S/C22H46S/c1-3-4-5-6-7-8-9-10-11-12-13-14-15-16-17-18-19-20-21-22-23-2/h3-22H2,1-2H3. The van der Waals surface area contributed by atoms with Crippen LogP contribution < -0.4 is 0 Å². The van der Waals surface area contributed by atoms with Crippen molar-refractivity contribution in [2.45, 2.75) is 129 Å². The summed E-state index contributed by atoms with van der Waals surface area (Å²) in [5.74, 6) is 1.36. The molecular formula is C22H46S. The van der Waals surface area contributed by atoms with Crippen molar-refractivity contribution in [3.8, 4) is 0 Å². The van der Waals surface area contributed by atoms with Crippen LogP contribution in [0.15, 0.2) is 0 Å². The molecule has 0 rings (SSSR count). The zero-order chi connectivity index (χ0) is 16.8. The molecule has 0 bridgehead atoms. The van der Waals surface area contributed by atoms with Gasteiger partial charge in [-0.05, 0) is 18.4 Å². The minimum atomic E-state index is 1.36. The number of rotatable bonds is 20. The van der Waals surface area contributed by atoms with Gasteiger partial charge < -0.3 is 0 Å². The third-order valence-corrected chi connectivity index (χ3v) is 5.65. The molecule has 0 nitrogen and oxygen atoms in total. The first-order chi connectivity index (χ1) is 11.4. The molecule has 0 aromatic carbocycles. The molecule has 23 heavy (non-hydrogen) atoms. The Labute approximate surface area is 153 Å². The average Bonchev–Trinajstić information content (AvgIpc) is 2.57. The molecule has 0 spiro atoms. The van der Waals surface area contributed by atoms with Crippen molar-refractivity contribution >= 4 is 11.8 Å². The second kappa shape index (κ2) is 22.4. The molecule has 0 atom stereocenters. The Bertz CT molecular complexity index is 170.